The molecule has 0 aromatic carbocycles. The molecule has 0 saturated carbocycles. The van der Waals surface area contributed by atoms with E-state index in [1.807, 2.05) is 27.7 Å². The number of hydrogen-bond acceptors (Lipinski definition) is 3. The minimum absolute atomic E-state index is 0.0633. The van der Waals surface area contributed by atoms with E-state index < -0.39 is 0 Å². The number of amides is 1. The fourth-order valence-electron chi connectivity index (χ4n) is 0.645. The highest BCUT2D eigenvalue weighted by atomic mass is 32.2. The van der Waals surface area contributed by atoms with Gasteiger partial charge in [0.15, 0.2) is 0 Å². The first-order chi connectivity index (χ1) is 6.22. The number of rotatable bonds is 5. The summed E-state index contributed by atoms with van der Waals surface area (Å²) in [5.41, 5.74) is 0. The minimum atomic E-state index is 0.0633. The Balaban J connectivity index is 0. The zero-order chi connectivity index (χ0) is 10.7. The zero-order valence-corrected chi connectivity index (χ0v) is 10.1. The first-order valence-electron chi connectivity index (χ1n) is 4.76. The van der Waals surface area contributed by atoms with E-state index in [-0.39, 0.29) is 11.2 Å². The van der Waals surface area contributed by atoms with Crippen molar-refractivity contribution in [2.45, 2.75) is 32.9 Å². The Labute approximate surface area is 86.0 Å². The Bertz CT molecular complexity index is 120. The Hall–Kier alpha value is -0.220. The average molecular weight is 206 g/mol. The van der Waals surface area contributed by atoms with E-state index in [0.717, 1.165) is 5.75 Å². The molecule has 0 aliphatic rings. The van der Waals surface area contributed by atoms with Gasteiger partial charge < -0.3 is 10.6 Å². The highest BCUT2D eigenvalue weighted by Gasteiger charge is 2.10. The summed E-state index contributed by atoms with van der Waals surface area (Å²) in [5.74, 6) is 1.08. The van der Waals surface area contributed by atoms with Crippen LogP contribution in [0, 0.1) is 0 Å². The van der Waals surface area contributed by atoms with Crippen molar-refractivity contribution >= 4 is 17.7 Å². The summed E-state index contributed by atoms with van der Waals surface area (Å²) < 4.78 is 0. The summed E-state index contributed by atoms with van der Waals surface area (Å²) in [5, 5.41) is 5.66. The number of hydrogen-bond donors (Lipinski definition) is 2. The standard InChI is InChI=1S/C7H16N2OS.C2H6/c1-4-11-6(2)7(10)9-5-8-3;1-2/h6,8H,4-5H2,1-3H3,(H,9,10);1-2H3. The van der Waals surface area contributed by atoms with Crippen LogP contribution in [-0.2, 0) is 4.79 Å². The number of thioether (sulfide) groups is 1. The van der Waals surface area contributed by atoms with Crippen molar-refractivity contribution in [1.29, 1.82) is 0 Å². The lowest BCUT2D eigenvalue weighted by Gasteiger charge is -2.09. The van der Waals surface area contributed by atoms with Gasteiger partial charge in [0.2, 0.25) is 5.91 Å². The molecule has 0 saturated heterocycles. The van der Waals surface area contributed by atoms with Gasteiger partial charge in [0.05, 0.1) is 11.9 Å². The van der Waals surface area contributed by atoms with Gasteiger partial charge in [0.1, 0.15) is 0 Å². The third kappa shape index (κ3) is 9.70. The molecule has 0 heterocycles. The second kappa shape index (κ2) is 11.8. The quantitative estimate of drug-likeness (QED) is 0.669. The molecule has 0 radical (unpaired) electrons. The van der Waals surface area contributed by atoms with Crippen LogP contribution < -0.4 is 10.6 Å². The normalized spacial score (nSPS) is 11.2. The van der Waals surface area contributed by atoms with E-state index in [1.54, 1.807) is 18.8 Å². The van der Waals surface area contributed by atoms with Crippen molar-refractivity contribution in [2.24, 2.45) is 0 Å². The van der Waals surface area contributed by atoms with E-state index in [0.29, 0.717) is 6.67 Å². The molecular formula is C9H22N2OS. The monoisotopic (exact) mass is 206 g/mol. The van der Waals surface area contributed by atoms with Crippen LogP contribution in [-0.4, -0.2) is 30.6 Å². The predicted octanol–water partition coefficient (Wildman–Crippen LogP) is 1.45. The molecule has 3 nitrogen and oxygen atoms in total. The first-order valence-corrected chi connectivity index (χ1v) is 5.81. The highest BCUT2D eigenvalue weighted by Crippen LogP contribution is 2.08. The molecule has 0 rings (SSSR count). The van der Waals surface area contributed by atoms with Crippen LogP contribution in [0.15, 0.2) is 0 Å². The van der Waals surface area contributed by atoms with Gasteiger partial charge >= 0.3 is 0 Å². The summed E-state index contributed by atoms with van der Waals surface area (Å²) in [6.45, 7) is 8.51. The summed E-state index contributed by atoms with van der Waals surface area (Å²) in [6.07, 6.45) is 0. The third-order valence-corrected chi connectivity index (χ3v) is 2.27. The molecule has 13 heavy (non-hydrogen) atoms. The highest BCUT2D eigenvalue weighted by molar-refractivity contribution is 8.00. The van der Waals surface area contributed by atoms with E-state index in [4.69, 9.17) is 0 Å². The van der Waals surface area contributed by atoms with Gasteiger partial charge in [-0.25, -0.2) is 0 Å². The molecule has 0 aliphatic heterocycles. The van der Waals surface area contributed by atoms with Gasteiger partial charge in [-0.1, -0.05) is 20.8 Å². The van der Waals surface area contributed by atoms with Gasteiger partial charge in [-0.2, -0.15) is 0 Å². The Morgan fingerprint density at radius 2 is 2.00 bits per heavy atom. The molecule has 0 aromatic heterocycles. The van der Waals surface area contributed by atoms with Gasteiger partial charge in [0, 0.05) is 0 Å². The molecule has 1 atom stereocenters. The van der Waals surface area contributed by atoms with Crippen LogP contribution in [0.2, 0.25) is 0 Å². The molecule has 1 unspecified atom stereocenters. The van der Waals surface area contributed by atoms with Crippen LogP contribution in [0.3, 0.4) is 0 Å². The lowest BCUT2D eigenvalue weighted by Crippen LogP contribution is -2.36. The van der Waals surface area contributed by atoms with Crippen LogP contribution in [0.25, 0.3) is 0 Å². The van der Waals surface area contributed by atoms with Crippen molar-refractivity contribution in [3.63, 3.8) is 0 Å². The van der Waals surface area contributed by atoms with E-state index >= 15 is 0 Å². The van der Waals surface area contributed by atoms with Crippen LogP contribution in [0.5, 0.6) is 0 Å². The lowest BCUT2D eigenvalue weighted by molar-refractivity contribution is -0.120. The SMILES string of the molecule is CC.CCSC(C)C(=O)NCNC. The smallest absolute Gasteiger partial charge is 0.233 e. The zero-order valence-electron chi connectivity index (χ0n) is 9.31. The molecular weight excluding hydrogens is 184 g/mol. The molecule has 80 valence electrons. The Morgan fingerprint density at radius 3 is 2.38 bits per heavy atom. The number of carbonyl (C=O) groups excluding carboxylic acids is 1. The van der Waals surface area contributed by atoms with Crippen molar-refractivity contribution in [1.82, 2.24) is 10.6 Å². The second-order valence-corrected chi connectivity index (χ2v) is 3.79. The molecule has 0 bridgehead atoms. The molecule has 1 amide bonds. The summed E-state index contributed by atoms with van der Waals surface area (Å²) in [7, 11) is 1.80. The Kier molecular flexibility index (Phi) is 13.8. The van der Waals surface area contributed by atoms with E-state index in [2.05, 4.69) is 10.6 Å². The Morgan fingerprint density at radius 1 is 1.46 bits per heavy atom. The van der Waals surface area contributed by atoms with E-state index in [9.17, 15) is 4.79 Å². The minimum Gasteiger partial charge on any atom is -0.343 e. The topological polar surface area (TPSA) is 41.1 Å². The van der Waals surface area contributed by atoms with Crippen molar-refractivity contribution < 1.29 is 4.79 Å². The molecule has 0 fully saturated rings. The summed E-state index contributed by atoms with van der Waals surface area (Å²) in [4.78, 5) is 11.1. The molecule has 4 heteroatoms. The third-order valence-electron chi connectivity index (χ3n) is 1.23. The van der Waals surface area contributed by atoms with Crippen LogP contribution >= 0.6 is 11.8 Å². The second-order valence-electron chi connectivity index (χ2n) is 2.17. The number of nitrogens with one attached hydrogen (secondary N) is 2. The van der Waals surface area contributed by atoms with Gasteiger partial charge in [0.25, 0.3) is 0 Å². The first kappa shape index (κ1) is 15.3. The molecule has 0 aliphatic carbocycles. The van der Waals surface area contributed by atoms with Crippen molar-refractivity contribution in [2.75, 3.05) is 19.5 Å². The predicted molar refractivity (Wildman–Crippen MR) is 61.0 cm³/mol. The maximum atomic E-state index is 11.1. The van der Waals surface area contributed by atoms with Crippen molar-refractivity contribution in [3.05, 3.63) is 0 Å². The number of carbonyl (C=O) groups is 1. The molecule has 2 N–H and O–H groups in total. The summed E-state index contributed by atoms with van der Waals surface area (Å²) >= 11 is 1.65. The fourth-order valence-corrected chi connectivity index (χ4v) is 1.38. The van der Waals surface area contributed by atoms with Gasteiger partial charge in [-0.3, -0.25) is 4.79 Å². The maximum Gasteiger partial charge on any atom is 0.233 e. The van der Waals surface area contributed by atoms with Crippen LogP contribution in [0.1, 0.15) is 27.7 Å². The van der Waals surface area contributed by atoms with E-state index in [1.165, 1.54) is 0 Å². The fraction of sp³-hybridized carbons (Fsp3) is 0.889. The van der Waals surface area contributed by atoms with Crippen LogP contribution in [0.4, 0.5) is 0 Å². The molecule has 0 aromatic rings. The largest absolute Gasteiger partial charge is 0.343 e. The van der Waals surface area contributed by atoms with Crippen molar-refractivity contribution in [3.8, 4) is 0 Å². The maximum absolute atomic E-state index is 11.1. The summed E-state index contributed by atoms with van der Waals surface area (Å²) in [6, 6.07) is 0. The molecule has 0 spiro atoms. The van der Waals surface area contributed by atoms with Gasteiger partial charge in [-0.05, 0) is 19.7 Å². The lowest BCUT2D eigenvalue weighted by atomic mass is 10.4. The van der Waals surface area contributed by atoms with Gasteiger partial charge in [-0.15, -0.1) is 11.8 Å². The average Bonchev–Trinajstić information content (AvgIpc) is 2.17.